The molecule has 0 fully saturated rings. The minimum atomic E-state index is -4.59. The summed E-state index contributed by atoms with van der Waals surface area (Å²) in [5.74, 6) is -0.207. The van der Waals surface area contributed by atoms with E-state index in [1.807, 2.05) is 27.2 Å². The van der Waals surface area contributed by atoms with Gasteiger partial charge in [0.15, 0.2) is 0 Å². The molecule has 52 heavy (non-hydrogen) atoms. The van der Waals surface area contributed by atoms with E-state index in [-0.39, 0.29) is 19.1 Å². The molecule has 3 unspecified atom stereocenters. The van der Waals surface area contributed by atoms with Crippen molar-refractivity contribution in [2.75, 3.05) is 40.9 Å². The number of rotatable bonds is 39. The van der Waals surface area contributed by atoms with Crippen LogP contribution in [0, 0.1) is 0 Å². The number of quaternary nitrogens is 1. The number of amides is 1. The number of carbonyl (C=O) groups is 1. The van der Waals surface area contributed by atoms with Crippen LogP contribution in [0.15, 0.2) is 24.3 Å². The van der Waals surface area contributed by atoms with Gasteiger partial charge >= 0.3 is 0 Å². The molecule has 0 rings (SSSR count). The molecule has 0 radical (unpaired) electrons. The van der Waals surface area contributed by atoms with Gasteiger partial charge in [-0.15, -0.1) is 0 Å². The Hall–Kier alpha value is -1.02. The number of unbranched alkanes of at least 4 members (excludes halogenated alkanes) is 24. The van der Waals surface area contributed by atoms with Gasteiger partial charge in [-0.3, -0.25) is 9.36 Å². The van der Waals surface area contributed by atoms with Gasteiger partial charge in [0.25, 0.3) is 7.82 Å². The van der Waals surface area contributed by atoms with Crippen LogP contribution in [0.5, 0.6) is 0 Å². The lowest BCUT2D eigenvalue weighted by Gasteiger charge is -2.29. The summed E-state index contributed by atoms with van der Waals surface area (Å²) in [5, 5.41) is 13.7. The Bertz CT molecular complexity index is 907. The molecule has 0 aromatic heterocycles. The van der Waals surface area contributed by atoms with Crippen LogP contribution in [-0.2, 0) is 18.4 Å². The van der Waals surface area contributed by atoms with Crippen LogP contribution in [0.1, 0.15) is 194 Å². The minimum absolute atomic E-state index is 0.00437. The van der Waals surface area contributed by atoms with Gasteiger partial charge in [-0.05, 0) is 32.1 Å². The Labute approximate surface area is 322 Å². The highest BCUT2D eigenvalue weighted by atomic mass is 31.2. The second kappa shape index (κ2) is 35.7. The Morgan fingerprint density at radius 3 is 1.56 bits per heavy atom. The molecule has 8 nitrogen and oxygen atoms in total. The summed E-state index contributed by atoms with van der Waals surface area (Å²) in [5.41, 5.74) is 0. The van der Waals surface area contributed by atoms with Gasteiger partial charge in [0.2, 0.25) is 5.91 Å². The van der Waals surface area contributed by atoms with Crippen molar-refractivity contribution in [3.63, 3.8) is 0 Å². The lowest BCUT2D eigenvalue weighted by atomic mass is 10.0. The first-order valence-corrected chi connectivity index (χ1v) is 23.2. The molecule has 0 spiro atoms. The predicted octanol–water partition coefficient (Wildman–Crippen LogP) is 11.1. The normalized spacial score (nSPS) is 14.7. The first-order valence-electron chi connectivity index (χ1n) is 21.7. The lowest BCUT2D eigenvalue weighted by Crippen LogP contribution is -2.45. The number of phosphoric acid groups is 1. The van der Waals surface area contributed by atoms with E-state index >= 15 is 0 Å². The van der Waals surface area contributed by atoms with E-state index in [0.29, 0.717) is 17.4 Å². The van der Waals surface area contributed by atoms with Crippen molar-refractivity contribution in [2.24, 2.45) is 0 Å². The van der Waals surface area contributed by atoms with E-state index < -0.39 is 20.0 Å². The first kappa shape index (κ1) is 51.0. The zero-order chi connectivity index (χ0) is 38.6. The monoisotopic (exact) mass is 757 g/mol. The van der Waals surface area contributed by atoms with Crippen LogP contribution < -0.4 is 10.2 Å². The van der Waals surface area contributed by atoms with Gasteiger partial charge < -0.3 is 28.8 Å². The number of phosphoric ester groups is 1. The molecule has 0 saturated carbocycles. The molecule has 0 aliphatic carbocycles. The lowest BCUT2D eigenvalue weighted by molar-refractivity contribution is -0.870. The van der Waals surface area contributed by atoms with Crippen molar-refractivity contribution in [1.29, 1.82) is 0 Å². The van der Waals surface area contributed by atoms with Crippen molar-refractivity contribution < 1.29 is 32.9 Å². The van der Waals surface area contributed by atoms with Gasteiger partial charge in [-0.25, -0.2) is 0 Å². The molecule has 0 bridgehead atoms. The second-order valence-electron chi connectivity index (χ2n) is 16.0. The minimum Gasteiger partial charge on any atom is -0.756 e. The molecule has 9 heteroatoms. The number of hydrogen-bond donors (Lipinski definition) is 2. The van der Waals surface area contributed by atoms with Crippen molar-refractivity contribution in [3.8, 4) is 0 Å². The molecule has 0 aliphatic heterocycles. The first-order chi connectivity index (χ1) is 25.0. The van der Waals surface area contributed by atoms with Crippen LogP contribution in [0.2, 0.25) is 0 Å². The van der Waals surface area contributed by atoms with Gasteiger partial charge in [0.05, 0.1) is 39.9 Å². The maximum absolute atomic E-state index is 12.8. The molecule has 1 amide bonds. The van der Waals surface area contributed by atoms with Gasteiger partial charge in [-0.1, -0.05) is 179 Å². The number of allylic oxidation sites excluding steroid dienone is 3. The van der Waals surface area contributed by atoms with Crippen LogP contribution in [0.3, 0.4) is 0 Å². The number of aliphatic hydroxyl groups is 1. The van der Waals surface area contributed by atoms with Gasteiger partial charge in [0, 0.05) is 6.42 Å². The number of aliphatic hydroxyl groups excluding tert-OH is 1. The Morgan fingerprint density at radius 1 is 0.654 bits per heavy atom. The summed E-state index contributed by atoms with van der Waals surface area (Å²) in [6, 6.07) is -0.897. The highest BCUT2D eigenvalue weighted by molar-refractivity contribution is 7.45. The second-order valence-corrected chi connectivity index (χ2v) is 17.5. The van der Waals surface area contributed by atoms with Crippen molar-refractivity contribution >= 4 is 13.7 Å². The summed E-state index contributed by atoms with van der Waals surface area (Å²) >= 11 is 0. The molecule has 0 aromatic rings. The SMILES string of the molecule is CCCCCCCCCCCC/C=C/CC/C=C/C(O)C(COP(=O)([O-])OCC[N+](C)(C)C)NC(=O)CCCCCCCCCCCCCCCC. The largest absolute Gasteiger partial charge is 0.756 e. The summed E-state index contributed by atoms with van der Waals surface area (Å²) in [6.07, 6.45) is 40.8. The fraction of sp³-hybridized carbons (Fsp3) is 0.884. The van der Waals surface area contributed by atoms with Crippen LogP contribution >= 0.6 is 7.82 Å². The number of nitrogens with zero attached hydrogens (tertiary/aromatic N) is 1. The molecule has 0 aliphatic rings. The molecule has 2 N–H and O–H groups in total. The Morgan fingerprint density at radius 2 is 1.08 bits per heavy atom. The van der Waals surface area contributed by atoms with E-state index in [2.05, 4.69) is 31.3 Å². The average molecular weight is 757 g/mol. The van der Waals surface area contributed by atoms with Crippen LogP contribution in [-0.4, -0.2) is 68.5 Å². The molecule has 0 aromatic carbocycles. The zero-order valence-corrected chi connectivity index (χ0v) is 35.7. The van der Waals surface area contributed by atoms with Crippen molar-refractivity contribution in [1.82, 2.24) is 5.32 Å². The van der Waals surface area contributed by atoms with E-state index in [4.69, 9.17) is 9.05 Å². The highest BCUT2D eigenvalue weighted by Gasteiger charge is 2.23. The smallest absolute Gasteiger partial charge is 0.268 e. The number of hydrogen-bond acceptors (Lipinski definition) is 6. The third-order valence-corrected chi connectivity index (χ3v) is 10.6. The number of likely N-dealkylation sites (N-methyl/N-ethyl adjacent to an activating group) is 1. The summed E-state index contributed by atoms with van der Waals surface area (Å²) in [7, 11) is 1.25. The maximum atomic E-state index is 12.8. The van der Waals surface area contributed by atoms with Gasteiger partial charge in [-0.2, -0.15) is 0 Å². The van der Waals surface area contributed by atoms with E-state index in [0.717, 1.165) is 38.5 Å². The molecular formula is C43H85N2O6P. The Kier molecular flexibility index (Phi) is 35.0. The topological polar surface area (TPSA) is 108 Å². The Balaban J connectivity index is 4.49. The van der Waals surface area contributed by atoms with Crippen molar-refractivity contribution in [2.45, 2.75) is 206 Å². The van der Waals surface area contributed by atoms with E-state index in [9.17, 15) is 19.4 Å². The molecule has 0 heterocycles. The van der Waals surface area contributed by atoms with Crippen molar-refractivity contribution in [3.05, 3.63) is 24.3 Å². The zero-order valence-electron chi connectivity index (χ0n) is 34.8. The molecule has 0 saturated heterocycles. The quantitative estimate of drug-likeness (QED) is 0.0280. The fourth-order valence-electron chi connectivity index (χ4n) is 6.17. The summed E-state index contributed by atoms with van der Waals surface area (Å²) in [4.78, 5) is 25.2. The summed E-state index contributed by atoms with van der Waals surface area (Å²) < 4.78 is 23.1. The van der Waals surface area contributed by atoms with E-state index in [1.54, 1.807) is 6.08 Å². The molecule has 308 valence electrons. The van der Waals surface area contributed by atoms with Crippen LogP contribution in [0.4, 0.5) is 0 Å². The highest BCUT2D eigenvalue weighted by Crippen LogP contribution is 2.38. The standard InChI is InChI=1S/C43H85N2O6P/c1-6-8-10-12-14-16-18-20-22-23-24-26-28-30-32-34-36-42(46)41(40-51-52(48,49)50-39-38-45(3,4)5)44-43(47)37-35-33-31-29-27-25-21-19-17-15-13-11-9-7-2/h26,28,34,36,41-42,46H,6-25,27,29-33,35,37-40H2,1-5H3,(H-,44,47,48,49)/b28-26+,36-34+. The van der Waals surface area contributed by atoms with Gasteiger partial charge in [0.1, 0.15) is 13.2 Å². The fourth-order valence-corrected chi connectivity index (χ4v) is 6.89. The third kappa shape index (κ3) is 37.3. The van der Waals surface area contributed by atoms with Crippen LogP contribution in [0.25, 0.3) is 0 Å². The summed E-state index contributed by atoms with van der Waals surface area (Å²) in [6.45, 7) is 4.62. The average Bonchev–Trinajstić information content (AvgIpc) is 3.09. The predicted molar refractivity (Wildman–Crippen MR) is 219 cm³/mol. The number of carbonyl (C=O) groups excluding carboxylic acids is 1. The van der Waals surface area contributed by atoms with E-state index in [1.165, 1.54) is 135 Å². The molecular weight excluding hydrogens is 671 g/mol. The molecule has 3 atom stereocenters. The third-order valence-electron chi connectivity index (χ3n) is 9.66. The number of nitrogens with one attached hydrogen (secondary N) is 1. The maximum Gasteiger partial charge on any atom is 0.268 e.